The summed E-state index contributed by atoms with van der Waals surface area (Å²) in [7, 11) is 0. The monoisotopic (exact) mass is 223 g/mol. The highest BCUT2D eigenvalue weighted by atomic mass is 19.2. The van der Waals surface area contributed by atoms with Gasteiger partial charge in [0.05, 0.1) is 0 Å². The maximum absolute atomic E-state index is 13.1. The van der Waals surface area contributed by atoms with Crippen molar-refractivity contribution in [2.24, 2.45) is 0 Å². The quantitative estimate of drug-likeness (QED) is 0.774. The van der Waals surface area contributed by atoms with E-state index in [1.165, 1.54) is 6.07 Å². The molecule has 0 saturated carbocycles. The Bertz CT molecular complexity index is 404. The van der Waals surface area contributed by atoms with E-state index in [9.17, 15) is 8.78 Å². The molecule has 0 spiro atoms. The molecule has 0 saturated heterocycles. The molecule has 0 fully saturated rings. The van der Waals surface area contributed by atoms with Crippen LogP contribution in [0.5, 0.6) is 0 Å². The maximum Gasteiger partial charge on any atom is 0.159 e. The van der Waals surface area contributed by atoms with E-state index >= 15 is 0 Å². The van der Waals surface area contributed by atoms with Gasteiger partial charge in [0.2, 0.25) is 0 Å². The van der Waals surface area contributed by atoms with E-state index in [0.29, 0.717) is 6.42 Å². The van der Waals surface area contributed by atoms with Gasteiger partial charge in [-0.05, 0) is 31.2 Å². The highest BCUT2D eigenvalue weighted by molar-refractivity contribution is 5.22. The molecule has 86 valence electrons. The van der Waals surface area contributed by atoms with Crippen LogP contribution in [-0.4, -0.2) is 6.54 Å². The molecule has 0 aliphatic heterocycles. The minimum Gasteiger partial charge on any atom is -0.309 e. The minimum atomic E-state index is -0.819. The summed E-state index contributed by atoms with van der Waals surface area (Å²) in [4.78, 5) is 0. The van der Waals surface area contributed by atoms with Crippen molar-refractivity contribution in [3.8, 4) is 11.8 Å². The Kier molecular flexibility index (Phi) is 4.94. The molecule has 1 N–H and O–H groups in total. The molecular formula is C13H15F2N. The summed E-state index contributed by atoms with van der Waals surface area (Å²) in [6.45, 7) is 4.48. The second-order valence-electron chi connectivity index (χ2n) is 3.41. The van der Waals surface area contributed by atoms with E-state index in [-0.39, 0.29) is 6.04 Å². The van der Waals surface area contributed by atoms with E-state index in [2.05, 4.69) is 17.2 Å². The highest BCUT2D eigenvalue weighted by Gasteiger charge is 2.11. The van der Waals surface area contributed by atoms with Crippen molar-refractivity contribution in [2.75, 3.05) is 6.54 Å². The van der Waals surface area contributed by atoms with Crippen molar-refractivity contribution < 1.29 is 8.78 Å². The third-order valence-electron chi connectivity index (χ3n) is 2.28. The molecule has 1 aromatic rings. The maximum atomic E-state index is 13.1. The Morgan fingerprint density at radius 3 is 2.62 bits per heavy atom. The van der Waals surface area contributed by atoms with Gasteiger partial charge < -0.3 is 5.32 Å². The summed E-state index contributed by atoms with van der Waals surface area (Å²) in [5.41, 5.74) is 0.725. The zero-order valence-corrected chi connectivity index (χ0v) is 9.48. The van der Waals surface area contributed by atoms with E-state index in [4.69, 9.17) is 0 Å². The smallest absolute Gasteiger partial charge is 0.159 e. The summed E-state index contributed by atoms with van der Waals surface area (Å²) < 4.78 is 25.8. The van der Waals surface area contributed by atoms with Gasteiger partial charge in [0, 0.05) is 12.5 Å². The van der Waals surface area contributed by atoms with Crippen LogP contribution in [0.4, 0.5) is 8.78 Å². The first-order chi connectivity index (χ1) is 7.69. The third-order valence-corrected chi connectivity index (χ3v) is 2.28. The number of hydrogen-bond donors (Lipinski definition) is 1. The lowest BCUT2D eigenvalue weighted by Crippen LogP contribution is -2.20. The Hall–Kier alpha value is -1.40. The molecule has 0 amide bonds. The first-order valence-corrected chi connectivity index (χ1v) is 5.27. The van der Waals surface area contributed by atoms with Crippen LogP contribution in [-0.2, 0) is 0 Å². The van der Waals surface area contributed by atoms with Gasteiger partial charge >= 0.3 is 0 Å². The fourth-order valence-electron chi connectivity index (χ4n) is 1.49. The summed E-state index contributed by atoms with van der Waals surface area (Å²) in [6, 6.07) is 3.91. The SMILES string of the molecule is CC#CCC(NCC)c1ccc(F)c(F)c1. The first-order valence-electron chi connectivity index (χ1n) is 5.27. The molecule has 1 nitrogen and oxygen atoms in total. The van der Waals surface area contributed by atoms with Gasteiger partial charge in [-0.1, -0.05) is 13.0 Å². The minimum absolute atomic E-state index is 0.0486. The lowest BCUT2D eigenvalue weighted by atomic mass is 10.0. The fraction of sp³-hybridized carbons (Fsp3) is 0.385. The van der Waals surface area contributed by atoms with Crippen LogP contribution in [0.2, 0.25) is 0 Å². The van der Waals surface area contributed by atoms with Crippen molar-refractivity contribution in [2.45, 2.75) is 26.3 Å². The van der Waals surface area contributed by atoms with Crippen molar-refractivity contribution in [3.63, 3.8) is 0 Å². The third kappa shape index (κ3) is 3.32. The second-order valence-corrected chi connectivity index (χ2v) is 3.41. The van der Waals surface area contributed by atoms with Crippen LogP contribution < -0.4 is 5.32 Å². The standard InChI is InChI=1S/C13H15F2N/c1-3-5-6-13(16-4-2)10-7-8-11(14)12(15)9-10/h7-9,13,16H,4,6H2,1-2H3. The van der Waals surface area contributed by atoms with Crippen LogP contribution in [0.1, 0.15) is 31.9 Å². The van der Waals surface area contributed by atoms with Crippen LogP contribution in [0.25, 0.3) is 0 Å². The average Bonchev–Trinajstić information content (AvgIpc) is 2.28. The highest BCUT2D eigenvalue weighted by Crippen LogP contribution is 2.18. The van der Waals surface area contributed by atoms with E-state index in [0.717, 1.165) is 18.2 Å². The van der Waals surface area contributed by atoms with Gasteiger partial charge in [-0.3, -0.25) is 0 Å². The average molecular weight is 223 g/mol. The molecule has 1 unspecified atom stereocenters. The lowest BCUT2D eigenvalue weighted by molar-refractivity contribution is 0.499. The van der Waals surface area contributed by atoms with Gasteiger partial charge in [-0.2, -0.15) is 0 Å². The summed E-state index contributed by atoms with van der Waals surface area (Å²) >= 11 is 0. The molecule has 0 bridgehead atoms. The van der Waals surface area contributed by atoms with Gasteiger partial charge in [-0.25, -0.2) is 8.78 Å². The first kappa shape index (κ1) is 12.7. The number of halogens is 2. The number of benzene rings is 1. The molecule has 0 aromatic heterocycles. The summed E-state index contributed by atoms with van der Waals surface area (Å²) in [6.07, 6.45) is 0.593. The normalized spacial score (nSPS) is 11.8. The molecular weight excluding hydrogens is 208 g/mol. The van der Waals surface area contributed by atoms with Gasteiger partial charge in [0.25, 0.3) is 0 Å². The number of hydrogen-bond acceptors (Lipinski definition) is 1. The molecule has 0 aliphatic rings. The van der Waals surface area contributed by atoms with Crippen molar-refractivity contribution in [1.29, 1.82) is 0 Å². The molecule has 3 heteroatoms. The molecule has 1 rings (SSSR count). The van der Waals surface area contributed by atoms with Crippen LogP contribution in [0.3, 0.4) is 0 Å². The van der Waals surface area contributed by atoms with Gasteiger partial charge in [0.15, 0.2) is 11.6 Å². The molecule has 0 radical (unpaired) electrons. The predicted molar refractivity (Wildman–Crippen MR) is 60.8 cm³/mol. The van der Waals surface area contributed by atoms with Crippen molar-refractivity contribution in [1.82, 2.24) is 5.32 Å². The second kappa shape index (κ2) is 6.24. The zero-order valence-electron chi connectivity index (χ0n) is 9.48. The fourth-order valence-corrected chi connectivity index (χ4v) is 1.49. The summed E-state index contributed by atoms with van der Waals surface area (Å²) in [5, 5.41) is 3.19. The van der Waals surface area contributed by atoms with Crippen molar-refractivity contribution in [3.05, 3.63) is 35.4 Å². The molecule has 0 aliphatic carbocycles. The topological polar surface area (TPSA) is 12.0 Å². The predicted octanol–water partition coefficient (Wildman–Crippen LogP) is 3.03. The molecule has 1 aromatic carbocycles. The Labute approximate surface area is 94.9 Å². The summed E-state index contributed by atoms with van der Waals surface area (Å²) in [5.74, 6) is 4.10. The molecule has 16 heavy (non-hydrogen) atoms. The van der Waals surface area contributed by atoms with Crippen LogP contribution in [0, 0.1) is 23.5 Å². The number of nitrogens with one attached hydrogen (secondary N) is 1. The van der Waals surface area contributed by atoms with E-state index in [1.54, 1.807) is 13.0 Å². The Balaban J connectivity index is 2.89. The van der Waals surface area contributed by atoms with Gasteiger partial charge in [-0.15, -0.1) is 11.8 Å². The zero-order chi connectivity index (χ0) is 12.0. The number of rotatable bonds is 4. The van der Waals surface area contributed by atoms with Crippen LogP contribution in [0.15, 0.2) is 18.2 Å². The molecule has 1 atom stereocenters. The molecule has 0 heterocycles. The lowest BCUT2D eigenvalue weighted by Gasteiger charge is -2.15. The van der Waals surface area contributed by atoms with Crippen molar-refractivity contribution >= 4 is 0 Å². The van der Waals surface area contributed by atoms with E-state index in [1.807, 2.05) is 6.92 Å². The largest absolute Gasteiger partial charge is 0.309 e. The van der Waals surface area contributed by atoms with E-state index < -0.39 is 11.6 Å². The van der Waals surface area contributed by atoms with Crippen LogP contribution >= 0.6 is 0 Å². The Morgan fingerprint density at radius 2 is 2.06 bits per heavy atom. The Morgan fingerprint density at radius 1 is 1.31 bits per heavy atom. The van der Waals surface area contributed by atoms with Gasteiger partial charge in [0.1, 0.15) is 0 Å².